The van der Waals surface area contributed by atoms with Gasteiger partial charge in [0, 0.05) is 10.4 Å². The van der Waals surface area contributed by atoms with E-state index in [-0.39, 0.29) is 11.9 Å². The topological polar surface area (TPSA) is 64.6 Å². The molecule has 0 unspecified atom stereocenters. The summed E-state index contributed by atoms with van der Waals surface area (Å²) in [5.74, 6) is 0.0556. The van der Waals surface area contributed by atoms with E-state index in [4.69, 9.17) is 9.47 Å². The van der Waals surface area contributed by atoms with Gasteiger partial charge in [-0.05, 0) is 62.4 Å². The number of aryl methyl sites for hydroxylation is 1. The lowest BCUT2D eigenvalue weighted by Crippen LogP contribution is -2.15. The molecule has 1 aromatic carbocycles. The summed E-state index contributed by atoms with van der Waals surface area (Å²) < 4.78 is 10.7. The summed E-state index contributed by atoms with van der Waals surface area (Å²) in [6.45, 7) is 6.11. The van der Waals surface area contributed by atoms with Crippen molar-refractivity contribution in [2.75, 3.05) is 18.5 Å². The van der Waals surface area contributed by atoms with Crippen LogP contribution in [0.5, 0.6) is 5.75 Å². The number of carbonyl (C=O) groups excluding carboxylic acids is 2. The highest BCUT2D eigenvalue weighted by atomic mass is 32.1. The summed E-state index contributed by atoms with van der Waals surface area (Å²) >= 11 is 1.48. The van der Waals surface area contributed by atoms with Crippen LogP contribution in [0.15, 0.2) is 36.9 Å². The van der Waals surface area contributed by atoms with Gasteiger partial charge in [0.1, 0.15) is 17.4 Å². The molecule has 142 valence electrons. The van der Waals surface area contributed by atoms with Crippen LogP contribution in [-0.4, -0.2) is 25.1 Å². The molecule has 1 amide bonds. The van der Waals surface area contributed by atoms with Gasteiger partial charge in [-0.1, -0.05) is 12.7 Å². The smallest absolute Gasteiger partial charge is 0.341 e. The minimum Gasteiger partial charge on any atom is -0.490 e. The first-order chi connectivity index (χ1) is 13.1. The van der Waals surface area contributed by atoms with Gasteiger partial charge in [-0.15, -0.1) is 11.3 Å². The number of hydrogen-bond donors (Lipinski definition) is 1. The summed E-state index contributed by atoms with van der Waals surface area (Å²) in [7, 11) is 0. The Bertz CT molecular complexity index is 839. The Morgan fingerprint density at radius 2 is 1.96 bits per heavy atom. The zero-order valence-electron chi connectivity index (χ0n) is 15.4. The van der Waals surface area contributed by atoms with Crippen LogP contribution in [0.1, 0.15) is 50.9 Å². The number of ether oxygens (including phenoxy) is 2. The second-order valence-corrected chi connectivity index (χ2v) is 7.32. The second kappa shape index (κ2) is 8.86. The van der Waals surface area contributed by atoms with Crippen molar-refractivity contribution in [3.05, 3.63) is 58.5 Å². The number of benzene rings is 1. The minimum absolute atomic E-state index is 0.255. The average molecular weight is 385 g/mol. The quantitative estimate of drug-likeness (QED) is 0.558. The van der Waals surface area contributed by atoms with Crippen molar-refractivity contribution < 1.29 is 19.1 Å². The van der Waals surface area contributed by atoms with Crippen molar-refractivity contribution in [1.29, 1.82) is 0 Å². The molecule has 1 heterocycles. The molecular weight excluding hydrogens is 362 g/mol. The number of carbonyl (C=O) groups is 2. The molecule has 0 atom stereocenters. The zero-order chi connectivity index (χ0) is 19.2. The third kappa shape index (κ3) is 4.39. The van der Waals surface area contributed by atoms with Gasteiger partial charge in [0.05, 0.1) is 12.2 Å². The predicted octanol–water partition coefficient (Wildman–Crippen LogP) is 4.62. The molecule has 0 bridgehead atoms. The molecule has 0 fully saturated rings. The van der Waals surface area contributed by atoms with Gasteiger partial charge in [0.15, 0.2) is 0 Å². The van der Waals surface area contributed by atoms with E-state index in [0.29, 0.717) is 35.1 Å². The summed E-state index contributed by atoms with van der Waals surface area (Å²) in [4.78, 5) is 26.3. The highest BCUT2D eigenvalue weighted by molar-refractivity contribution is 7.17. The molecule has 1 aliphatic rings. The van der Waals surface area contributed by atoms with E-state index >= 15 is 0 Å². The van der Waals surface area contributed by atoms with Crippen LogP contribution in [0, 0.1) is 0 Å². The Morgan fingerprint density at radius 3 is 2.67 bits per heavy atom. The van der Waals surface area contributed by atoms with Crippen molar-refractivity contribution in [3.8, 4) is 5.75 Å². The lowest BCUT2D eigenvalue weighted by molar-refractivity contribution is 0.0526. The Kier molecular flexibility index (Phi) is 6.29. The molecule has 0 aliphatic heterocycles. The van der Waals surface area contributed by atoms with Crippen LogP contribution in [0.3, 0.4) is 0 Å². The normalized spacial score (nSPS) is 12.8. The van der Waals surface area contributed by atoms with E-state index in [1.807, 2.05) is 0 Å². The number of esters is 1. The monoisotopic (exact) mass is 385 g/mol. The number of hydrogen-bond acceptors (Lipinski definition) is 5. The molecule has 0 spiro atoms. The molecule has 3 rings (SSSR count). The van der Waals surface area contributed by atoms with E-state index in [0.717, 1.165) is 31.2 Å². The van der Waals surface area contributed by atoms with E-state index < -0.39 is 0 Å². The summed E-state index contributed by atoms with van der Waals surface area (Å²) in [5.41, 5.74) is 2.06. The zero-order valence-corrected chi connectivity index (χ0v) is 16.2. The fraction of sp³-hybridized carbons (Fsp3) is 0.333. The Hall–Kier alpha value is -2.60. The first kappa shape index (κ1) is 19.2. The molecule has 6 heteroatoms. The lowest BCUT2D eigenvalue weighted by Gasteiger charge is -2.12. The third-order valence-corrected chi connectivity index (χ3v) is 5.57. The van der Waals surface area contributed by atoms with Gasteiger partial charge in [-0.3, -0.25) is 4.79 Å². The van der Waals surface area contributed by atoms with Gasteiger partial charge in [-0.2, -0.15) is 0 Å². The molecule has 1 aliphatic carbocycles. The van der Waals surface area contributed by atoms with Crippen molar-refractivity contribution in [2.24, 2.45) is 0 Å². The van der Waals surface area contributed by atoms with Crippen molar-refractivity contribution >= 4 is 28.2 Å². The van der Waals surface area contributed by atoms with Crippen LogP contribution in [0.4, 0.5) is 5.00 Å². The Balaban J connectivity index is 1.82. The molecule has 2 aromatic rings. The molecule has 0 saturated carbocycles. The van der Waals surface area contributed by atoms with E-state index in [1.54, 1.807) is 37.3 Å². The van der Waals surface area contributed by atoms with Gasteiger partial charge < -0.3 is 14.8 Å². The number of nitrogens with one attached hydrogen (secondary N) is 1. The van der Waals surface area contributed by atoms with Gasteiger partial charge in [0.25, 0.3) is 5.91 Å². The average Bonchev–Trinajstić information content (AvgIpc) is 3.04. The van der Waals surface area contributed by atoms with Crippen LogP contribution >= 0.6 is 11.3 Å². The maximum absolute atomic E-state index is 12.7. The molecule has 0 saturated heterocycles. The summed E-state index contributed by atoms with van der Waals surface area (Å²) in [5, 5.41) is 3.49. The standard InChI is InChI=1S/C21H23NO4S/c1-3-13-26-15-11-9-14(10-12-15)19(23)22-20-18(21(24)25-4-2)16-7-5-6-8-17(16)27-20/h3,9-12H,1,4-8,13H2,2H3,(H,22,23). The Labute approximate surface area is 163 Å². The Morgan fingerprint density at radius 1 is 1.22 bits per heavy atom. The van der Waals surface area contributed by atoms with E-state index in [9.17, 15) is 9.59 Å². The fourth-order valence-corrected chi connectivity index (χ4v) is 4.38. The van der Waals surface area contributed by atoms with Crippen LogP contribution in [-0.2, 0) is 17.6 Å². The van der Waals surface area contributed by atoms with Crippen molar-refractivity contribution in [2.45, 2.75) is 32.6 Å². The summed E-state index contributed by atoms with van der Waals surface area (Å²) in [6, 6.07) is 6.88. The van der Waals surface area contributed by atoms with E-state index in [1.165, 1.54) is 16.2 Å². The second-order valence-electron chi connectivity index (χ2n) is 6.21. The maximum atomic E-state index is 12.7. The lowest BCUT2D eigenvalue weighted by atomic mass is 9.95. The third-order valence-electron chi connectivity index (χ3n) is 4.36. The predicted molar refractivity (Wildman–Crippen MR) is 107 cm³/mol. The first-order valence-corrected chi connectivity index (χ1v) is 9.92. The van der Waals surface area contributed by atoms with Gasteiger partial charge in [0.2, 0.25) is 0 Å². The molecular formula is C21H23NO4S. The number of anilines is 1. The maximum Gasteiger partial charge on any atom is 0.341 e. The highest BCUT2D eigenvalue weighted by Gasteiger charge is 2.27. The number of rotatable bonds is 7. The molecule has 27 heavy (non-hydrogen) atoms. The fourth-order valence-electron chi connectivity index (χ4n) is 3.11. The van der Waals surface area contributed by atoms with Gasteiger partial charge in [-0.25, -0.2) is 4.79 Å². The van der Waals surface area contributed by atoms with Gasteiger partial charge >= 0.3 is 5.97 Å². The SMILES string of the molecule is C=CCOc1ccc(C(=O)Nc2sc3c(c2C(=O)OCC)CCCC3)cc1. The number of thiophene rings is 1. The van der Waals surface area contributed by atoms with Crippen LogP contribution in [0.25, 0.3) is 0 Å². The van der Waals surface area contributed by atoms with E-state index in [2.05, 4.69) is 11.9 Å². The molecule has 1 N–H and O–H groups in total. The number of fused-ring (bicyclic) bond motifs is 1. The van der Waals surface area contributed by atoms with Crippen LogP contribution < -0.4 is 10.1 Å². The highest BCUT2D eigenvalue weighted by Crippen LogP contribution is 2.38. The van der Waals surface area contributed by atoms with Crippen molar-refractivity contribution in [1.82, 2.24) is 0 Å². The van der Waals surface area contributed by atoms with Crippen molar-refractivity contribution in [3.63, 3.8) is 0 Å². The largest absolute Gasteiger partial charge is 0.490 e. The first-order valence-electron chi connectivity index (χ1n) is 9.10. The number of amides is 1. The molecule has 5 nitrogen and oxygen atoms in total. The minimum atomic E-state index is -0.361. The molecule has 1 aromatic heterocycles. The molecule has 0 radical (unpaired) electrons. The van der Waals surface area contributed by atoms with Crippen LogP contribution in [0.2, 0.25) is 0 Å². The summed E-state index contributed by atoms with van der Waals surface area (Å²) in [6.07, 6.45) is 5.62.